The minimum atomic E-state index is -1.21. The molecule has 0 saturated heterocycles. The monoisotopic (exact) mass is 335 g/mol. The molecule has 0 bridgehead atoms. The Morgan fingerprint density at radius 1 is 1.05 bits per heavy atom. The number of aromatic carboxylic acids is 1. The molecule has 0 fully saturated rings. The number of hydrogen-bond donors (Lipinski definition) is 3. The van der Waals surface area contributed by atoms with Gasteiger partial charge in [-0.25, -0.2) is 14.6 Å². The highest BCUT2D eigenvalue weighted by Crippen LogP contribution is 2.21. The second kappa shape index (κ2) is 6.16. The number of carboxylic acid groups (broad SMARTS) is 1. The van der Waals surface area contributed by atoms with Gasteiger partial charge in [0.1, 0.15) is 0 Å². The second-order valence-electron chi connectivity index (χ2n) is 3.76. The Morgan fingerprint density at radius 2 is 1.70 bits per heavy atom. The van der Waals surface area contributed by atoms with Crippen molar-refractivity contribution >= 4 is 39.3 Å². The lowest BCUT2D eigenvalue weighted by Crippen LogP contribution is -2.21. The molecular formula is C13H10BrN3O3. The molecule has 6 nitrogen and oxygen atoms in total. The van der Waals surface area contributed by atoms with E-state index in [4.69, 9.17) is 5.11 Å². The summed E-state index contributed by atoms with van der Waals surface area (Å²) in [5.41, 5.74) is 0.491. The SMILES string of the molecule is O=C(Nc1ccccc1Br)Nc1cccnc1C(=O)O. The first-order valence-corrected chi connectivity index (χ1v) is 6.38. The summed E-state index contributed by atoms with van der Waals surface area (Å²) in [5, 5.41) is 14.0. The van der Waals surface area contributed by atoms with Gasteiger partial charge in [0.25, 0.3) is 0 Å². The summed E-state index contributed by atoms with van der Waals surface area (Å²) in [6, 6.07) is 9.54. The third-order valence-corrected chi connectivity index (χ3v) is 3.07. The molecule has 0 aliphatic rings. The first-order valence-electron chi connectivity index (χ1n) is 5.59. The predicted octanol–water partition coefficient (Wildman–Crippen LogP) is 3.19. The fourth-order valence-electron chi connectivity index (χ4n) is 1.52. The molecule has 1 aromatic carbocycles. The third-order valence-electron chi connectivity index (χ3n) is 2.38. The first kappa shape index (κ1) is 14.0. The average molecular weight is 336 g/mol. The zero-order valence-corrected chi connectivity index (χ0v) is 11.7. The molecule has 0 radical (unpaired) electrons. The maximum absolute atomic E-state index is 11.8. The minimum Gasteiger partial charge on any atom is -0.476 e. The van der Waals surface area contributed by atoms with Crippen LogP contribution in [0.2, 0.25) is 0 Å². The normalized spacial score (nSPS) is 9.85. The van der Waals surface area contributed by atoms with Crippen LogP contribution in [0.3, 0.4) is 0 Å². The number of aromatic nitrogens is 1. The Hall–Kier alpha value is -2.41. The van der Waals surface area contributed by atoms with Crippen LogP contribution in [0.5, 0.6) is 0 Å². The van der Waals surface area contributed by atoms with E-state index in [1.807, 2.05) is 6.07 Å². The van der Waals surface area contributed by atoms with Gasteiger partial charge >= 0.3 is 12.0 Å². The van der Waals surface area contributed by atoms with Gasteiger partial charge in [0, 0.05) is 10.7 Å². The number of nitrogens with one attached hydrogen (secondary N) is 2. The van der Waals surface area contributed by atoms with Gasteiger partial charge in [-0.2, -0.15) is 0 Å². The highest BCUT2D eigenvalue weighted by molar-refractivity contribution is 9.10. The Kier molecular flexibility index (Phi) is 4.31. The lowest BCUT2D eigenvalue weighted by Gasteiger charge is -2.10. The van der Waals surface area contributed by atoms with Gasteiger partial charge in [0.2, 0.25) is 0 Å². The van der Waals surface area contributed by atoms with Crippen LogP contribution in [0.15, 0.2) is 47.1 Å². The zero-order valence-electron chi connectivity index (χ0n) is 10.1. The zero-order chi connectivity index (χ0) is 14.5. The van der Waals surface area contributed by atoms with E-state index in [0.29, 0.717) is 5.69 Å². The van der Waals surface area contributed by atoms with Crippen molar-refractivity contribution in [3.8, 4) is 0 Å². The van der Waals surface area contributed by atoms with Crippen LogP contribution in [-0.2, 0) is 0 Å². The predicted molar refractivity (Wildman–Crippen MR) is 78.0 cm³/mol. The second-order valence-corrected chi connectivity index (χ2v) is 4.62. The van der Waals surface area contributed by atoms with Gasteiger partial charge in [-0.05, 0) is 40.2 Å². The van der Waals surface area contributed by atoms with Crippen molar-refractivity contribution in [3.05, 3.63) is 52.8 Å². The summed E-state index contributed by atoms with van der Waals surface area (Å²) in [6.45, 7) is 0. The Labute approximate surface area is 123 Å². The number of halogens is 1. The standard InChI is InChI=1S/C13H10BrN3O3/c14-8-4-1-2-5-9(8)16-13(20)17-10-6-3-7-15-11(10)12(18)19/h1-7H,(H,18,19)(H2,16,17,20). The van der Waals surface area contributed by atoms with Crippen LogP contribution in [-0.4, -0.2) is 22.1 Å². The summed E-state index contributed by atoms with van der Waals surface area (Å²) in [6.07, 6.45) is 1.35. The highest BCUT2D eigenvalue weighted by Gasteiger charge is 2.13. The van der Waals surface area contributed by atoms with Crippen molar-refractivity contribution < 1.29 is 14.7 Å². The molecule has 0 saturated carbocycles. The molecule has 0 spiro atoms. The van der Waals surface area contributed by atoms with Crippen LogP contribution in [0.4, 0.5) is 16.2 Å². The lowest BCUT2D eigenvalue weighted by atomic mass is 10.3. The maximum atomic E-state index is 11.8. The fraction of sp³-hybridized carbons (Fsp3) is 0. The highest BCUT2D eigenvalue weighted by atomic mass is 79.9. The molecule has 20 heavy (non-hydrogen) atoms. The Balaban J connectivity index is 2.13. The van der Waals surface area contributed by atoms with Crippen molar-refractivity contribution in [3.63, 3.8) is 0 Å². The van der Waals surface area contributed by atoms with Crippen molar-refractivity contribution in [2.24, 2.45) is 0 Å². The molecule has 0 unspecified atom stereocenters. The van der Waals surface area contributed by atoms with Crippen molar-refractivity contribution in [2.45, 2.75) is 0 Å². The molecule has 0 atom stereocenters. The summed E-state index contributed by atoms with van der Waals surface area (Å²) in [4.78, 5) is 26.5. The van der Waals surface area contributed by atoms with E-state index in [1.54, 1.807) is 24.3 Å². The molecule has 3 N–H and O–H groups in total. The van der Waals surface area contributed by atoms with Crippen LogP contribution >= 0.6 is 15.9 Å². The number of para-hydroxylation sites is 1. The van der Waals surface area contributed by atoms with E-state index in [2.05, 4.69) is 31.5 Å². The van der Waals surface area contributed by atoms with E-state index in [1.165, 1.54) is 12.3 Å². The molecular weight excluding hydrogens is 326 g/mol. The number of urea groups is 1. The molecule has 0 aliphatic heterocycles. The van der Waals surface area contributed by atoms with E-state index < -0.39 is 12.0 Å². The van der Waals surface area contributed by atoms with E-state index in [9.17, 15) is 9.59 Å². The molecule has 1 aromatic heterocycles. The van der Waals surface area contributed by atoms with Gasteiger partial charge in [0.05, 0.1) is 11.4 Å². The summed E-state index contributed by atoms with van der Waals surface area (Å²) in [7, 11) is 0. The van der Waals surface area contributed by atoms with Gasteiger partial charge < -0.3 is 15.7 Å². The van der Waals surface area contributed by atoms with E-state index in [0.717, 1.165) is 4.47 Å². The molecule has 2 amide bonds. The maximum Gasteiger partial charge on any atom is 0.356 e. The number of pyridine rings is 1. The first-order chi connectivity index (χ1) is 9.58. The smallest absolute Gasteiger partial charge is 0.356 e. The summed E-state index contributed by atoms with van der Waals surface area (Å²) >= 11 is 3.30. The molecule has 102 valence electrons. The number of carbonyl (C=O) groups excluding carboxylic acids is 1. The number of hydrogen-bond acceptors (Lipinski definition) is 3. The Bertz CT molecular complexity index is 661. The van der Waals surface area contributed by atoms with Gasteiger partial charge in [0.15, 0.2) is 5.69 Å². The van der Waals surface area contributed by atoms with Gasteiger partial charge in [-0.15, -0.1) is 0 Å². The van der Waals surface area contributed by atoms with Gasteiger partial charge in [-0.1, -0.05) is 12.1 Å². The van der Waals surface area contributed by atoms with Crippen molar-refractivity contribution in [2.75, 3.05) is 10.6 Å². The van der Waals surface area contributed by atoms with Crippen molar-refractivity contribution in [1.82, 2.24) is 4.98 Å². The number of rotatable bonds is 3. The molecule has 2 rings (SSSR count). The van der Waals surface area contributed by atoms with E-state index >= 15 is 0 Å². The number of carboxylic acids is 1. The van der Waals surface area contributed by atoms with Crippen molar-refractivity contribution in [1.29, 1.82) is 0 Å². The van der Waals surface area contributed by atoms with Crippen LogP contribution in [0, 0.1) is 0 Å². The number of anilines is 2. The Morgan fingerprint density at radius 3 is 2.40 bits per heavy atom. The number of nitrogens with zero attached hydrogens (tertiary/aromatic N) is 1. The number of carbonyl (C=O) groups is 2. The average Bonchev–Trinajstić information content (AvgIpc) is 2.41. The molecule has 7 heteroatoms. The summed E-state index contributed by atoms with van der Waals surface area (Å²) in [5.74, 6) is -1.21. The molecule has 1 heterocycles. The van der Waals surface area contributed by atoms with E-state index in [-0.39, 0.29) is 11.4 Å². The summed E-state index contributed by atoms with van der Waals surface area (Å²) < 4.78 is 0.722. The largest absolute Gasteiger partial charge is 0.476 e. The van der Waals surface area contributed by atoms with Crippen LogP contribution in [0.25, 0.3) is 0 Å². The number of benzene rings is 1. The number of amides is 2. The quantitative estimate of drug-likeness (QED) is 0.803. The topological polar surface area (TPSA) is 91.3 Å². The van der Waals surface area contributed by atoms with Gasteiger partial charge in [-0.3, -0.25) is 0 Å². The fourth-order valence-corrected chi connectivity index (χ4v) is 1.90. The van der Waals surface area contributed by atoms with Crippen LogP contribution < -0.4 is 10.6 Å². The minimum absolute atomic E-state index is 0.129. The molecule has 0 aliphatic carbocycles. The van der Waals surface area contributed by atoms with Crippen LogP contribution in [0.1, 0.15) is 10.5 Å². The molecule has 2 aromatic rings. The third kappa shape index (κ3) is 3.33. The lowest BCUT2D eigenvalue weighted by molar-refractivity contribution is 0.0692.